The smallest absolute Gasteiger partial charge is 0.148 e. The van der Waals surface area contributed by atoms with Crippen LogP contribution in [0.3, 0.4) is 0 Å². The van der Waals surface area contributed by atoms with Crippen molar-refractivity contribution in [1.82, 2.24) is 0 Å². The van der Waals surface area contributed by atoms with E-state index in [2.05, 4.69) is 0 Å². The van der Waals surface area contributed by atoms with E-state index < -0.39 is 10.8 Å². The molecule has 0 spiro atoms. The van der Waals surface area contributed by atoms with Crippen molar-refractivity contribution in [2.45, 2.75) is 32.1 Å². The maximum atomic E-state index is 11.4. The van der Waals surface area contributed by atoms with E-state index in [1.807, 2.05) is 0 Å². The van der Waals surface area contributed by atoms with Crippen LogP contribution in [-0.2, 0) is 15.6 Å². The molecule has 3 heteroatoms. The van der Waals surface area contributed by atoms with Crippen molar-refractivity contribution in [3.8, 4) is 0 Å². The molecule has 1 fully saturated rings. The average Bonchev–Trinajstić information content (AvgIpc) is 2.05. The monoisotopic (exact) mass is 188 g/mol. The zero-order valence-corrected chi connectivity index (χ0v) is 8.36. The van der Waals surface area contributed by atoms with Gasteiger partial charge in [-0.05, 0) is 12.8 Å². The normalized spacial score (nSPS) is 22.1. The molecule has 0 amide bonds. The molecule has 0 saturated heterocycles. The zero-order chi connectivity index (χ0) is 8.97. The summed E-state index contributed by atoms with van der Waals surface area (Å²) in [4.78, 5) is 11.4. The molecule has 1 aliphatic carbocycles. The maximum Gasteiger partial charge on any atom is 0.148 e. The van der Waals surface area contributed by atoms with Crippen molar-refractivity contribution in [2.24, 2.45) is 5.92 Å². The lowest BCUT2D eigenvalue weighted by atomic mass is 9.87. The van der Waals surface area contributed by atoms with Crippen LogP contribution in [0.2, 0.25) is 0 Å². The highest BCUT2D eigenvalue weighted by Crippen LogP contribution is 2.24. The van der Waals surface area contributed by atoms with Crippen LogP contribution in [0.25, 0.3) is 0 Å². The van der Waals surface area contributed by atoms with Crippen LogP contribution >= 0.6 is 0 Å². The molecule has 1 aliphatic rings. The van der Waals surface area contributed by atoms with E-state index in [1.54, 1.807) is 6.26 Å². The van der Waals surface area contributed by atoms with Gasteiger partial charge in [0.1, 0.15) is 5.78 Å². The third kappa shape index (κ3) is 3.05. The topological polar surface area (TPSA) is 34.1 Å². The largest absolute Gasteiger partial charge is 0.298 e. The van der Waals surface area contributed by atoms with Gasteiger partial charge in [-0.25, -0.2) is 0 Å². The third-order valence-electron chi connectivity index (χ3n) is 2.41. The standard InChI is InChI=1S/C9H16O2S/c1-12(11)7-9(10)8-5-3-2-4-6-8/h8H,2-7H2,1H3. The summed E-state index contributed by atoms with van der Waals surface area (Å²) in [5.41, 5.74) is 0. The fourth-order valence-electron chi connectivity index (χ4n) is 1.74. The molecule has 2 nitrogen and oxygen atoms in total. The number of ketones is 1. The van der Waals surface area contributed by atoms with Crippen molar-refractivity contribution in [1.29, 1.82) is 0 Å². The van der Waals surface area contributed by atoms with Gasteiger partial charge in [-0.15, -0.1) is 0 Å². The Kier molecular flexibility index (Phi) is 3.92. The average molecular weight is 188 g/mol. The first-order valence-electron chi connectivity index (χ1n) is 4.53. The highest BCUT2D eigenvalue weighted by Gasteiger charge is 2.21. The van der Waals surface area contributed by atoms with Crippen LogP contribution in [-0.4, -0.2) is 22.0 Å². The van der Waals surface area contributed by atoms with Crippen LogP contribution in [0, 0.1) is 5.92 Å². The maximum absolute atomic E-state index is 11.4. The zero-order valence-electron chi connectivity index (χ0n) is 7.54. The van der Waals surface area contributed by atoms with E-state index >= 15 is 0 Å². The lowest BCUT2D eigenvalue weighted by molar-refractivity contribution is -0.121. The van der Waals surface area contributed by atoms with Gasteiger partial charge in [0.2, 0.25) is 0 Å². The molecule has 70 valence electrons. The van der Waals surface area contributed by atoms with Crippen LogP contribution in [0.1, 0.15) is 32.1 Å². The van der Waals surface area contributed by atoms with E-state index in [4.69, 9.17) is 0 Å². The Labute approximate surface area is 76.2 Å². The molecule has 12 heavy (non-hydrogen) atoms. The van der Waals surface area contributed by atoms with Crippen molar-refractivity contribution in [2.75, 3.05) is 12.0 Å². The number of rotatable bonds is 3. The van der Waals surface area contributed by atoms with Gasteiger partial charge in [0, 0.05) is 23.0 Å². The Morgan fingerprint density at radius 1 is 1.33 bits per heavy atom. The third-order valence-corrected chi connectivity index (χ3v) is 3.10. The van der Waals surface area contributed by atoms with Crippen molar-refractivity contribution in [3.63, 3.8) is 0 Å². The molecule has 0 bridgehead atoms. The van der Waals surface area contributed by atoms with Gasteiger partial charge < -0.3 is 0 Å². The van der Waals surface area contributed by atoms with Gasteiger partial charge in [0.05, 0.1) is 5.75 Å². The first-order chi connectivity index (χ1) is 5.70. The molecule has 0 radical (unpaired) electrons. The second-order valence-electron chi connectivity index (χ2n) is 3.52. The van der Waals surface area contributed by atoms with Crippen LogP contribution in [0.4, 0.5) is 0 Å². The van der Waals surface area contributed by atoms with E-state index in [0.717, 1.165) is 12.8 Å². The van der Waals surface area contributed by atoms with Crippen LogP contribution in [0.15, 0.2) is 0 Å². The molecule has 1 atom stereocenters. The van der Waals surface area contributed by atoms with Gasteiger partial charge in [0.25, 0.3) is 0 Å². The number of carbonyl (C=O) groups is 1. The Bertz CT molecular complexity index is 183. The minimum atomic E-state index is -0.947. The Morgan fingerprint density at radius 3 is 2.42 bits per heavy atom. The second kappa shape index (κ2) is 4.75. The van der Waals surface area contributed by atoms with Gasteiger partial charge in [-0.3, -0.25) is 9.00 Å². The Balaban J connectivity index is 2.34. The highest BCUT2D eigenvalue weighted by molar-refractivity contribution is 7.85. The molecule has 0 aromatic heterocycles. The summed E-state index contributed by atoms with van der Waals surface area (Å²) in [5, 5.41) is 0. The fourth-order valence-corrected chi connectivity index (χ4v) is 2.38. The Hall–Kier alpha value is -0.180. The molecule has 0 aromatic rings. The van der Waals surface area contributed by atoms with Gasteiger partial charge >= 0.3 is 0 Å². The summed E-state index contributed by atoms with van der Waals surface area (Å²) >= 11 is 0. The molecule has 0 aromatic carbocycles. The van der Waals surface area contributed by atoms with Gasteiger partial charge in [-0.1, -0.05) is 19.3 Å². The number of Topliss-reactive ketones (excluding diaryl/α,β-unsaturated/α-hetero) is 1. The number of hydrogen-bond acceptors (Lipinski definition) is 2. The Morgan fingerprint density at radius 2 is 1.92 bits per heavy atom. The van der Waals surface area contributed by atoms with E-state index in [1.165, 1.54) is 19.3 Å². The van der Waals surface area contributed by atoms with Crippen molar-refractivity contribution >= 4 is 16.6 Å². The minimum absolute atomic E-state index is 0.218. The SMILES string of the molecule is CS(=O)CC(=O)C1CCCCC1. The number of hydrogen-bond donors (Lipinski definition) is 0. The van der Waals surface area contributed by atoms with Crippen LogP contribution in [0.5, 0.6) is 0 Å². The molecule has 1 unspecified atom stereocenters. The molecular weight excluding hydrogens is 172 g/mol. The summed E-state index contributed by atoms with van der Waals surface area (Å²) < 4.78 is 10.8. The van der Waals surface area contributed by atoms with Gasteiger partial charge in [-0.2, -0.15) is 0 Å². The van der Waals surface area contributed by atoms with Crippen LogP contribution < -0.4 is 0 Å². The molecule has 1 rings (SSSR count). The predicted octanol–water partition coefficient (Wildman–Crippen LogP) is 1.51. The minimum Gasteiger partial charge on any atom is -0.298 e. The molecular formula is C9H16O2S. The van der Waals surface area contributed by atoms with E-state index in [9.17, 15) is 9.00 Å². The summed E-state index contributed by atoms with van der Waals surface area (Å²) in [5.74, 6) is 0.711. The molecule has 0 heterocycles. The first kappa shape index (κ1) is 9.90. The van der Waals surface area contributed by atoms with E-state index in [0.29, 0.717) is 0 Å². The highest BCUT2D eigenvalue weighted by atomic mass is 32.2. The lowest BCUT2D eigenvalue weighted by Crippen LogP contribution is -2.22. The molecule has 0 N–H and O–H groups in total. The summed E-state index contributed by atoms with van der Waals surface area (Å²) in [6, 6.07) is 0. The van der Waals surface area contributed by atoms with Gasteiger partial charge in [0.15, 0.2) is 0 Å². The quantitative estimate of drug-likeness (QED) is 0.673. The van der Waals surface area contributed by atoms with Crippen molar-refractivity contribution in [3.05, 3.63) is 0 Å². The lowest BCUT2D eigenvalue weighted by Gasteiger charge is -2.19. The van der Waals surface area contributed by atoms with Crippen molar-refractivity contribution < 1.29 is 9.00 Å². The molecule has 1 saturated carbocycles. The summed E-state index contributed by atoms with van der Waals surface area (Å²) in [6.07, 6.45) is 7.26. The molecule has 0 aliphatic heterocycles. The number of carbonyl (C=O) groups excluding carboxylic acids is 1. The summed E-state index contributed by atoms with van der Waals surface area (Å²) in [6.45, 7) is 0. The predicted molar refractivity (Wildman–Crippen MR) is 50.5 cm³/mol. The second-order valence-corrected chi connectivity index (χ2v) is 4.95. The summed E-state index contributed by atoms with van der Waals surface area (Å²) in [7, 11) is -0.947. The fraction of sp³-hybridized carbons (Fsp3) is 0.889. The van der Waals surface area contributed by atoms with E-state index in [-0.39, 0.29) is 17.5 Å². The first-order valence-corrected chi connectivity index (χ1v) is 6.25.